The molecule has 1 fully saturated rings. The van der Waals surface area contributed by atoms with Crippen molar-refractivity contribution >= 4 is 28.8 Å². The molecule has 1 N–H and O–H groups in total. The average Bonchev–Trinajstić information content (AvgIpc) is 3.07. The molecule has 0 spiro atoms. The maximum absolute atomic E-state index is 13.3. The minimum Gasteiger partial charge on any atom is -0.497 e. The first-order valence-corrected chi connectivity index (χ1v) is 10.5. The van der Waals surface area contributed by atoms with Gasteiger partial charge in [0, 0.05) is 44.0 Å². The van der Waals surface area contributed by atoms with Crippen LogP contribution in [0.25, 0.3) is 5.57 Å². The van der Waals surface area contributed by atoms with Crippen LogP contribution < -0.4 is 10.1 Å². The number of amides is 2. The summed E-state index contributed by atoms with van der Waals surface area (Å²) >= 11 is 0. The lowest BCUT2D eigenvalue weighted by molar-refractivity contribution is -0.384. The third-order valence-electron chi connectivity index (χ3n) is 5.64. The van der Waals surface area contributed by atoms with E-state index < -0.39 is 16.7 Å². The van der Waals surface area contributed by atoms with Gasteiger partial charge in [0.25, 0.3) is 17.5 Å². The topological polar surface area (TPSA) is 114 Å². The fraction of sp³-hybridized carbons (Fsp3) is 0.304. The second-order valence-corrected chi connectivity index (χ2v) is 7.62. The number of rotatable bonds is 8. The summed E-state index contributed by atoms with van der Waals surface area (Å²) in [5.41, 5.74) is 1.28. The molecule has 2 aliphatic heterocycles. The van der Waals surface area contributed by atoms with Crippen LogP contribution in [0.15, 0.2) is 54.2 Å². The number of morpholine rings is 1. The number of nitro benzene ring substituents is 1. The predicted molar refractivity (Wildman–Crippen MR) is 121 cm³/mol. The summed E-state index contributed by atoms with van der Waals surface area (Å²) in [4.78, 5) is 40.5. The Morgan fingerprint density at radius 3 is 2.27 bits per heavy atom. The van der Waals surface area contributed by atoms with Gasteiger partial charge in [0.05, 0.1) is 30.8 Å². The molecule has 2 aliphatic rings. The first kappa shape index (κ1) is 22.4. The van der Waals surface area contributed by atoms with E-state index in [1.807, 2.05) is 0 Å². The van der Waals surface area contributed by atoms with Gasteiger partial charge in [-0.2, -0.15) is 0 Å². The fourth-order valence-electron chi connectivity index (χ4n) is 3.80. The number of nitrogens with zero attached hydrogens (tertiary/aromatic N) is 3. The number of nitrogens with one attached hydrogen (secondary N) is 1. The van der Waals surface area contributed by atoms with Gasteiger partial charge in [0.1, 0.15) is 11.4 Å². The van der Waals surface area contributed by atoms with Gasteiger partial charge in [-0.15, -0.1) is 0 Å². The summed E-state index contributed by atoms with van der Waals surface area (Å²) in [5, 5.41) is 14.1. The number of ether oxygens (including phenoxy) is 2. The van der Waals surface area contributed by atoms with Crippen molar-refractivity contribution in [1.29, 1.82) is 0 Å². The van der Waals surface area contributed by atoms with Gasteiger partial charge in [-0.05, 0) is 42.0 Å². The van der Waals surface area contributed by atoms with E-state index in [4.69, 9.17) is 9.47 Å². The second kappa shape index (κ2) is 9.80. The minimum absolute atomic E-state index is 0.0926. The third-order valence-corrected chi connectivity index (χ3v) is 5.64. The number of imide groups is 1. The van der Waals surface area contributed by atoms with Crippen LogP contribution in [0.4, 0.5) is 11.4 Å². The molecule has 172 valence electrons. The molecule has 2 aromatic carbocycles. The zero-order valence-electron chi connectivity index (χ0n) is 18.2. The molecule has 10 heteroatoms. The number of hydrogen-bond donors (Lipinski definition) is 1. The minimum atomic E-state index is -0.509. The summed E-state index contributed by atoms with van der Waals surface area (Å²) in [6, 6.07) is 12.6. The lowest BCUT2D eigenvalue weighted by atomic mass is 10.0. The summed E-state index contributed by atoms with van der Waals surface area (Å²) in [5.74, 6) is -0.207. The van der Waals surface area contributed by atoms with Crippen molar-refractivity contribution in [2.45, 2.75) is 0 Å². The Hall–Kier alpha value is -3.76. The number of methoxy groups -OCH3 is 1. The molecular formula is C23H24N4O6. The maximum Gasteiger partial charge on any atom is 0.278 e. The van der Waals surface area contributed by atoms with Crippen LogP contribution in [-0.4, -0.2) is 73.0 Å². The summed E-state index contributed by atoms with van der Waals surface area (Å²) in [6.07, 6.45) is 0. The fourth-order valence-corrected chi connectivity index (χ4v) is 3.80. The van der Waals surface area contributed by atoms with Gasteiger partial charge in [-0.1, -0.05) is 0 Å². The van der Waals surface area contributed by atoms with Crippen LogP contribution in [0, 0.1) is 10.1 Å². The molecule has 1 saturated heterocycles. The number of hydrogen-bond acceptors (Lipinski definition) is 8. The van der Waals surface area contributed by atoms with Crippen molar-refractivity contribution in [3.8, 4) is 5.75 Å². The van der Waals surface area contributed by atoms with Crippen molar-refractivity contribution in [3.05, 3.63) is 69.9 Å². The van der Waals surface area contributed by atoms with Gasteiger partial charge in [0.2, 0.25) is 0 Å². The largest absolute Gasteiger partial charge is 0.497 e. The van der Waals surface area contributed by atoms with E-state index in [1.165, 1.54) is 29.2 Å². The molecule has 0 saturated carbocycles. The van der Waals surface area contributed by atoms with Crippen LogP contribution in [0.3, 0.4) is 0 Å². The quantitative estimate of drug-likeness (QED) is 0.368. The highest BCUT2D eigenvalue weighted by Crippen LogP contribution is 2.31. The predicted octanol–water partition coefficient (Wildman–Crippen LogP) is 2.13. The van der Waals surface area contributed by atoms with Gasteiger partial charge in [-0.3, -0.25) is 29.5 Å². The lowest BCUT2D eigenvalue weighted by Crippen LogP contribution is -2.43. The molecule has 2 aromatic rings. The Morgan fingerprint density at radius 2 is 1.67 bits per heavy atom. The average molecular weight is 452 g/mol. The first-order valence-electron chi connectivity index (χ1n) is 10.5. The van der Waals surface area contributed by atoms with E-state index in [-0.39, 0.29) is 23.5 Å². The normalized spacial score (nSPS) is 16.9. The number of non-ortho nitro benzene ring substituents is 1. The number of carbonyl (C=O) groups is 2. The molecule has 2 heterocycles. The van der Waals surface area contributed by atoms with E-state index in [2.05, 4.69) is 10.2 Å². The Balaban J connectivity index is 1.62. The highest BCUT2D eigenvalue weighted by Gasteiger charge is 2.39. The van der Waals surface area contributed by atoms with E-state index >= 15 is 0 Å². The van der Waals surface area contributed by atoms with E-state index in [0.717, 1.165) is 13.1 Å². The van der Waals surface area contributed by atoms with Gasteiger partial charge in [-0.25, -0.2) is 0 Å². The SMILES string of the molecule is COc1ccc(NC2=C(c3ccc([N+](=O)[O-])cc3)C(=O)N(CCN3CCOCC3)C2=O)cc1. The molecule has 0 radical (unpaired) electrons. The Morgan fingerprint density at radius 1 is 1.00 bits per heavy atom. The van der Waals surface area contributed by atoms with Crippen LogP contribution >= 0.6 is 0 Å². The zero-order valence-corrected chi connectivity index (χ0v) is 18.2. The monoisotopic (exact) mass is 452 g/mol. The molecule has 0 atom stereocenters. The molecule has 0 unspecified atom stereocenters. The van der Waals surface area contributed by atoms with Gasteiger partial charge in [0.15, 0.2) is 0 Å². The zero-order chi connectivity index (χ0) is 23.4. The van der Waals surface area contributed by atoms with Crippen molar-refractivity contribution in [3.63, 3.8) is 0 Å². The standard InChI is InChI=1S/C23H24N4O6/c1-32-19-8-4-17(5-9-19)24-21-20(16-2-6-18(7-3-16)27(30)31)22(28)26(23(21)29)11-10-25-12-14-33-15-13-25/h2-9,24H,10-15H2,1H3. The van der Waals surface area contributed by atoms with Crippen LogP contribution in [0.5, 0.6) is 5.75 Å². The van der Waals surface area contributed by atoms with Crippen LogP contribution in [0.2, 0.25) is 0 Å². The summed E-state index contributed by atoms with van der Waals surface area (Å²) < 4.78 is 10.5. The van der Waals surface area contributed by atoms with Crippen molar-refractivity contribution < 1.29 is 24.0 Å². The molecule has 0 aromatic heterocycles. The van der Waals surface area contributed by atoms with E-state index in [0.29, 0.717) is 36.8 Å². The number of nitro groups is 1. The van der Waals surface area contributed by atoms with Gasteiger partial charge < -0.3 is 14.8 Å². The van der Waals surface area contributed by atoms with Gasteiger partial charge >= 0.3 is 0 Å². The molecule has 0 aliphatic carbocycles. The van der Waals surface area contributed by atoms with Crippen molar-refractivity contribution in [2.75, 3.05) is 51.8 Å². The summed E-state index contributed by atoms with van der Waals surface area (Å²) in [6.45, 7) is 3.52. The number of carbonyl (C=O) groups excluding carboxylic acids is 2. The Labute approximate surface area is 190 Å². The number of benzene rings is 2. The smallest absolute Gasteiger partial charge is 0.278 e. The Bertz CT molecular complexity index is 1080. The molecule has 4 rings (SSSR count). The Kier molecular flexibility index (Phi) is 6.66. The molecule has 10 nitrogen and oxygen atoms in total. The second-order valence-electron chi connectivity index (χ2n) is 7.62. The van der Waals surface area contributed by atoms with Crippen molar-refractivity contribution in [1.82, 2.24) is 9.80 Å². The van der Waals surface area contributed by atoms with Crippen LogP contribution in [-0.2, 0) is 14.3 Å². The highest BCUT2D eigenvalue weighted by molar-refractivity contribution is 6.36. The van der Waals surface area contributed by atoms with E-state index in [9.17, 15) is 19.7 Å². The number of anilines is 1. The summed E-state index contributed by atoms with van der Waals surface area (Å²) in [7, 11) is 1.56. The molecule has 2 amide bonds. The third kappa shape index (κ3) is 4.86. The molecular weight excluding hydrogens is 428 g/mol. The van der Waals surface area contributed by atoms with E-state index in [1.54, 1.807) is 31.4 Å². The first-order chi connectivity index (χ1) is 16.0. The highest BCUT2D eigenvalue weighted by atomic mass is 16.6. The maximum atomic E-state index is 13.3. The lowest BCUT2D eigenvalue weighted by Gasteiger charge is -2.28. The molecule has 0 bridgehead atoms. The van der Waals surface area contributed by atoms with Crippen molar-refractivity contribution in [2.24, 2.45) is 0 Å². The molecule has 33 heavy (non-hydrogen) atoms. The van der Waals surface area contributed by atoms with Crippen LogP contribution in [0.1, 0.15) is 5.56 Å².